The summed E-state index contributed by atoms with van der Waals surface area (Å²) >= 11 is 0. The predicted octanol–water partition coefficient (Wildman–Crippen LogP) is 4.03. The van der Waals surface area contributed by atoms with Gasteiger partial charge in [-0.1, -0.05) is 6.92 Å². The van der Waals surface area contributed by atoms with Gasteiger partial charge in [0.1, 0.15) is 5.60 Å². The number of likely N-dealkylation sites (tertiary alicyclic amines) is 2. The zero-order valence-corrected chi connectivity index (χ0v) is 16.3. The number of carbonyl (C=O) groups excluding carboxylic acids is 2. The summed E-state index contributed by atoms with van der Waals surface area (Å²) in [5.41, 5.74) is -0.489. The van der Waals surface area contributed by atoms with Crippen molar-refractivity contribution in [3.63, 3.8) is 0 Å². The number of rotatable bonds is 3. The Bertz CT molecular complexity index is 453. The van der Waals surface area contributed by atoms with E-state index in [2.05, 4.69) is 6.92 Å². The largest absolute Gasteiger partial charge is 0.449 e. The van der Waals surface area contributed by atoms with Crippen LogP contribution in [0.1, 0.15) is 66.2 Å². The Balaban J connectivity index is 1.77. The van der Waals surface area contributed by atoms with Crippen molar-refractivity contribution in [1.29, 1.82) is 0 Å². The minimum atomic E-state index is -0.489. The lowest BCUT2D eigenvalue weighted by atomic mass is 10.00. The van der Waals surface area contributed by atoms with E-state index in [1.54, 1.807) is 4.90 Å². The lowest BCUT2D eigenvalue weighted by Crippen LogP contribution is -2.46. The highest BCUT2D eigenvalue weighted by Crippen LogP contribution is 2.23. The Morgan fingerprint density at radius 2 is 1.68 bits per heavy atom. The van der Waals surface area contributed by atoms with Gasteiger partial charge in [0, 0.05) is 32.1 Å². The van der Waals surface area contributed by atoms with Crippen LogP contribution < -0.4 is 0 Å². The molecule has 6 heteroatoms. The number of piperidine rings is 2. The molecule has 1 unspecified atom stereocenters. The summed E-state index contributed by atoms with van der Waals surface area (Å²) in [5, 5.41) is 0. The lowest BCUT2D eigenvalue weighted by Gasteiger charge is -2.37. The third kappa shape index (κ3) is 6.40. The van der Waals surface area contributed by atoms with Crippen LogP contribution >= 0.6 is 0 Å². The van der Waals surface area contributed by atoms with E-state index < -0.39 is 5.60 Å². The van der Waals surface area contributed by atoms with Crippen LogP contribution in [0.3, 0.4) is 0 Å². The molecule has 2 saturated heterocycles. The molecule has 0 aromatic carbocycles. The van der Waals surface area contributed by atoms with E-state index in [4.69, 9.17) is 9.47 Å². The molecule has 0 aromatic rings. The standard InChI is InChI=1S/C19H34N2O4/c1-15-8-12-20(13-9-15)17(22)24-14-10-16-7-5-6-11-21(16)18(23)25-19(2,3)4/h15-16H,5-14H2,1-4H3. The summed E-state index contributed by atoms with van der Waals surface area (Å²) in [4.78, 5) is 28.1. The maximum Gasteiger partial charge on any atom is 0.410 e. The van der Waals surface area contributed by atoms with Crippen molar-refractivity contribution >= 4 is 12.2 Å². The van der Waals surface area contributed by atoms with Crippen LogP contribution in [-0.4, -0.2) is 59.9 Å². The van der Waals surface area contributed by atoms with Gasteiger partial charge in [0.2, 0.25) is 0 Å². The van der Waals surface area contributed by atoms with Crippen molar-refractivity contribution in [3.05, 3.63) is 0 Å². The molecule has 144 valence electrons. The molecule has 0 bridgehead atoms. The molecule has 0 spiro atoms. The summed E-state index contributed by atoms with van der Waals surface area (Å²) < 4.78 is 11.0. The molecule has 0 aromatic heterocycles. The number of hydrogen-bond donors (Lipinski definition) is 0. The first kappa shape index (κ1) is 19.9. The minimum Gasteiger partial charge on any atom is -0.449 e. The molecular weight excluding hydrogens is 320 g/mol. The van der Waals surface area contributed by atoms with Gasteiger partial charge in [-0.05, 0) is 58.8 Å². The molecule has 0 N–H and O–H groups in total. The Labute approximate surface area is 151 Å². The average Bonchev–Trinajstić information content (AvgIpc) is 2.54. The minimum absolute atomic E-state index is 0.0952. The van der Waals surface area contributed by atoms with Crippen LogP contribution in [0.25, 0.3) is 0 Å². The molecule has 2 heterocycles. The van der Waals surface area contributed by atoms with Gasteiger partial charge in [0.05, 0.1) is 6.61 Å². The lowest BCUT2D eigenvalue weighted by molar-refractivity contribution is 0.00578. The average molecular weight is 354 g/mol. The summed E-state index contributed by atoms with van der Waals surface area (Å²) in [7, 11) is 0. The highest BCUT2D eigenvalue weighted by Gasteiger charge is 2.30. The molecule has 0 radical (unpaired) electrons. The fraction of sp³-hybridized carbons (Fsp3) is 0.895. The zero-order chi connectivity index (χ0) is 18.4. The van der Waals surface area contributed by atoms with Crippen molar-refractivity contribution in [2.24, 2.45) is 5.92 Å². The van der Waals surface area contributed by atoms with Gasteiger partial charge in [0.15, 0.2) is 0 Å². The van der Waals surface area contributed by atoms with Crippen LogP contribution in [0.5, 0.6) is 0 Å². The Kier molecular flexibility index (Phi) is 6.96. The SMILES string of the molecule is CC1CCN(C(=O)OCCC2CCCCN2C(=O)OC(C)(C)C)CC1. The van der Waals surface area contributed by atoms with Gasteiger partial charge in [-0.15, -0.1) is 0 Å². The second-order valence-corrected chi connectivity index (χ2v) is 8.40. The first-order chi connectivity index (χ1) is 11.8. The Morgan fingerprint density at radius 1 is 1.00 bits per heavy atom. The molecule has 25 heavy (non-hydrogen) atoms. The molecule has 0 aliphatic carbocycles. The number of carbonyl (C=O) groups is 2. The van der Waals surface area contributed by atoms with E-state index in [9.17, 15) is 9.59 Å². The third-order valence-electron chi connectivity index (χ3n) is 4.97. The highest BCUT2D eigenvalue weighted by molar-refractivity contribution is 5.69. The van der Waals surface area contributed by atoms with E-state index in [0.717, 1.165) is 51.7 Å². The number of amides is 2. The van der Waals surface area contributed by atoms with Gasteiger partial charge in [0.25, 0.3) is 0 Å². The summed E-state index contributed by atoms with van der Waals surface area (Å²) in [6, 6.07) is 0.0952. The first-order valence-corrected chi connectivity index (χ1v) is 9.67. The van der Waals surface area contributed by atoms with E-state index in [1.807, 2.05) is 25.7 Å². The summed E-state index contributed by atoms with van der Waals surface area (Å²) in [6.45, 7) is 10.5. The van der Waals surface area contributed by atoms with Crippen molar-refractivity contribution in [2.75, 3.05) is 26.2 Å². The highest BCUT2D eigenvalue weighted by atomic mass is 16.6. The maximum absolute atomic E-state index is 12.4. The van der Waals surface area contributed by atoms with Crippen LogP contribution in [0, 0.1) is 5.92 Å². The molecule has 2 aliphatic heterocycles. The van der Waals surface area contributed by atoms with E-state index >= 15 is 0 Å². The monoisotopic (exact) mass is 354 g/mol. The zero-order valence-electron chi connectivity index (χ0n) is 16.3. The fourth-order valence-corrected chi connectivity index (χ4v) is 3.43. The van der Waals surface area contributed by atoms with Crippen molar-refractivity contribution < 1.29 is 19.1 Å². The molecule has 2 aliphatic rings. The number of hydrogen-bond acceptors (Lipinski definition) is 4. The third-order valence-corrected chi connectivity index (χ3v) is 4.97. The van der Waals surface area contributed by atoms with Crippen LogP contribution in [0.15, 0.2) is 0 Å². The van der Waals surface area contributed by atoms with Gasteiger partial charge < -0.3 is 19.3 Å². The molecule has 1 atom stereocenters. The van der Waals surface area contributed by atoms with Crippen molar-refractivity contribution in [1.82, 2.24) is 9.80 Å². The number of ether oxygens (including phenoxy) is 2. The number of nitrogens with zero attached hydrogens (tertiary/aromatic N) is 2. The van der Waals surface area contributed by atoms with Crippen molar-refractivity contribution in [3.8, 4) is 0 Å². The Morgan fingerprint density at radius 3 is 2.32 bits per heavy atom. The summed E-state index contributed by atoms with van der Waals surface area (Å²) in [6.07, 6.45) is 5.34. The normalized spacial score (nSPS) is 22.6. The van der Waals surface area contributed by atoms with Crippen LogP contribution in [0.2, 0.25) is 0 Å². The van der Waals surface area contributed by atoms with E-state index in [0.29, 0.717) is 18.9 Å². The van der Waals surface area contributed by atoms with Gasteiger partial charge in [-0.2, -0.15) is 0 Å². The van der Waals surface area contributed by atoms with E-state index in [-0.39, 0.29) is 18.2 Å². The second-order valence-electron chi connectivity index (χ2n) is 8.40. The van der Waals surface area contributed by atoms with Gasteiger partial charge in [-0.25, -0.2) is 9.59 Å². The van der Waals surface area contributed by atoms with Crippen LogP contribution in [0.4, 0.5) is 9.59 Å². The van der Waals surface area contributed by atoms with Gasteiger partial charge in [-0.3, -0.25) is 0 Å². The molecule has 6 nitrogen and oxygen atoms in total. The van der Waals surface area contributed by atoms with Crippen molar-refractivity contribution in [2.45, 2.75) is 77.9 Å². The van der Waals surface area contributed by atoms with Crippen LogP contribution in [-0.2, 0) is 9.47 Å². The molecule has 2 fully saturated rings. The van der Waals surface area contributed by atoms with E-state index in [1.165, 1.54) is 0 Å². The topological polar surface area (TPSA) is 59.1 Å². The molecule has 0 saturated carbocycles. The smallest absolute Gasteiger partial charge is 0.410 e. The first-order valence-electron chi connectivity index (χ1n) is 9.67. The second kappa shape index (κ2) is 8.77. The predicted molar refractivity (Wildman–Crippen MR) is 96.5 cm³/mol. The molecule has 2 amide bonds. The Hall–Kier alpha value is -1.46. The fourth-order valence-electron chi connectivity index (χ4n) is 3.43. The maximum atomic E-state index is 12.4. The molecule has 2 rings (SSSR count). The molecular formula is C19H34N2O4. The quantitative estimate of drug-likeness (QED) is 0.767. The van der Waals surface area contributed by atoms with Gasteiger partial charge >= 0.3 is 12.2 Å². The summed E-state index contributed by atoms with van der Waals surface area (Å²) in [5.74, 6) is 0.689.